The van der Waals surface area contributed by atoms with Crippen LogP contribution in [-0.4, -0.2) is 13.2 Å². The summed E-state index contributed by atoms with van der Waals surface area (Å²) in [5.41, 5.74) is 0. The molecule has 1 heteroatoms. The molecule has 0 N–H and O–H groups in total. The maximum Gasteiger partial charge on any atom is 0.0500 e. The molecule has 0 aromatic heterocycles. The minimum Gasteiger partial charge on any atom is -0.381 e. The predicted molar refractivity (Wildman–Crippen MR) is 57.7 cm³/mol. The summed E-state index contributed by atoms with van der Waals surface area (Å²) < 4.78 is 5.64. The molecule has 0 saturated heterocycles. The van der Waals surface area contributed by atoms with E-state index < -0.39 is 0 Å². The smallest absolute Gasteiger partial charge is 0.0500 e. The van der Waals surface area contributed by atoms with Crippen molar-refractivity contribution in [1.29, 1.82) is 0 Å². The van der Waals surface area contributed by atoms with Crippen molar-refractivity contribution < 1.29 is 4.74 Å². The van der Waals surface area contributed by atoms with Crippen molar-refractivity contribution in [1.82, 2.24) is 0 Å². The van der Waals surface area contributed by atoms with Gasteiger partial charge in [0.1, 0.15) is 0 Å². The molecule has 14 heavy (non-hydrogen) atoms. The molecule has 0 amide bonds. The van der Waals surface area contributed by atoms with Crippen molar-refractivity contribution in [2.24, 2.45) is 17.8 Å². The monoisotopic (exact) mass is 190 g/mol. The van der Waals surface area contributed by atoms with E-state index in [1.54, 1.807) is 0 Å². The molecule has 0 aliphatic heterocycles. The molecular weight excluding hydrogens is 172 g/mol. The first kappa shape index (κ1) is 9.80. The number of hydrogen-bond acceptors (Lipinski definition) is 1. The van der Waals surface area contributed by atoms with Gasteiger partial charge in [0.15, 0.2) is 0 Å². The Morgan fingerprint density at radius 1 is 1.36 bits per heavy atom. The molecular formula is C13H18O. The van der Waals surface area contributed by atoms with Crippen LogP contribution in [0.25, 0.3) is 0 Å². The predicted octanol–water partition coefficient (Wildman–Crippen LogP) is 2.63. The average molecular weight is 190 g/mol. The molecule has 1 nitrogen and oxygen atoms in total. The van der Waals surface area contributed by atoms with Crippen molar-refractivity contribution in [2.75, 3.05) is 13.2 Å². The Morgan fingerprint density at radius 2 is 2.29 bits per heavy atom. The van der Waals surface area contributed by atoms with Crippen LogP contribution in [0.3, 0.4) is 0 Å². The second kappa shape index (κ2) is 4.66. The summed E-state index contributed by atoms with van der Waals surface area (Å²) in [5, 5.41) is 0. The molecule has 0 unspecified atom stereocenters. The zero-order chi connectivity index (χ0) is 9.80. The number of rotatable bonds is 5. The third-order valence-corrected chi connectivity index (χ3v) is 3.36. The lowest BCUT2D eigenvalue weighted by molar-refractivity contribution is 0.0897. The van der Waals surface area contributed by atoms with Crippen LogP contribution < -0.4 is 0 Å². The lowest BCUT2D eigenvalue weighted by atomic mass is 9.95. The number of ether oxygens (including phenoxy) is 1. The summed E-state index contributed by atoms with van der Waals surface area (Å²) in [4.78, 5) is 0. The Balaban J connectivity index is 1.59. The van der Waals surface area contributed by atoms with Crippen molar-refractivity contribution in [3.05, 3.63) is 12.2 Å². The van der Waals surface area contributed by atoms with Crippen LogP contribution in [0.15, 0.2) is 12.2 Å². The van der Waals surface area contributed by atoms with Gasteiger partial charge < -0.3 is 4.74 Å². The SMILES string of the molecule is C#CCCCOC[C@H]1C[C@@H]2C=C[C@H]1C2. The maximum atomic E-state index is 5.64. The quantitative estimate of drug-likeness (QED) is 0.368. The van der Waals surface area contributed by atoms with Crippen LogP contribution in [0.5, 0.6) is 0 Å². The van der Waals surface area contributed by atoms with Crippen LogP contribution in [0, 0.1) is 30.1 Å². The normalized spacial score (nSPS) is 33.5. The van der Waals surface area contributed by atoms with Gasteiger partial charge in [-0.1, -0.05) is 12.2 Å². The van der Waals surface area contributed by atoms with Crippen LogP contribution in [0.2, 0.25) is 0 Å². The van der Waals surface area contributed by atoms with Gasteiger partial charge in [-0.25, -0.2) is 0 Å². The van der Waals surface area contributed by atoms with Gasteiger partial charge in [0.2, 0.25) is 0 Å². The van der Waals surface area contributed by atoms with Crippen LogP contribution in [-0.2, 0) is 4.74 Å². The van der Waals surface area contributed by atoms with Crippen molar-refractivity contribution in [2.45, 2.75) is 25.7 Å². The fourth-order valence-corrected chi connectivity index (χ4v) is 2.60. The lowest BCUT2D eigenvalue weighted by Gasteiger charge is -2.17. The van der Waals surface area contributed by atoms with Gasteiger partial charge in [0, 0.05) is 19.6 Å². The Hall–Kier alpha value is -0.740. The second-order valence-electron chi connectivity index (χ2n) is 4.42. The summed E-state index contributed by atoms with van der Waals surface area (Å²) in [7, 11) is 0. The number of unbranched alkanes of at least 4 members (excludes halogenated alkanes) is 1. The third kappa shape index (κ3) is 2.19. The topological polar surface area (TPSA) is 9.23 Å². The second-order valence-corrected chi connectivity index (χ2v) is 4.42. The summed E-state index contributed by atoms with van der Waals surface area (Å²) >= 11 is 0. The molecule has 0 heterocycles. The van der Waals surface area contributed by atoms with Gasteiger partial charge in [0.25, 0.3) is 0 Å². The average Bonchev–Trinajstić information content (AvgIpc) is 2.79. The Kier molecular flexibility index (Phi) is 3.26. The molecule has 2 aliphatic carbocycles. The maximum absolute atomic E-state index is 5.64. The minimum atomic E-state index is 0.788. The summed E-state index contributed by atoms with van der Waals surface area (Å²) in [5.74, 6) is 5.09. The van der Waals surface area contributed by atoms with Crippen molar-refractivity contribution in [3.8, 4) is 12.3 Å². The molecule has 3 atom stereocenters. The van der Waals surface area contributed by atoms with Gasteiger partial charge in [0.05, 0.1) is 0 Å². The van der Waals surface area contributed by atoms with Crippen LogP contribution in [0.4, 0.5) is 0 Å². The van der Waals surface area contributed by atoms with E-state index >= 15 is 0 Å². The van der Waals surface area contributed by atoms with E-state index in [0.29, 0.717) is 0 Å². The molecule has 76 valence electrons. The van der Waals surface area contributed by atoms with Crippen molar-refractivity contribution >= 4 is 0 Å². The highest BCUT2D eigenvalue weighted by Gasteiger charge is 2.35. The largest absolute Gasteiger partial charge is 0.381 e. The molecule has 0 radical (unpaired) electrons. The van der Waals surface area contributed by atoms with E-state index in [-0.39, 0.29) is 0 Å². The molecule has 2 aliphatic rings. The van der Waals surface area contributed by atoms with E-state index in [1.807, 2.05) is 0 Å². The Morgan fingerprint density at radius 3 is 2.93 bits per heavy atom. The van der Waals surface area contributed by atoms with Gasteiger partial charge in [-0.3, -0.25) is 0 Å². The van der Waals surface area contributed by atoms with Gasteiger partial charge in [-0.2, -0.15) is 0 Å². The standard InChI is InChI=1S/C13H18O/c1-2-3-4-7-14-10-13-9-11-5-6-12(13)8-11/h1,5-6,11-13H,3-4,7-10H2/t11-,12+,13-/m1/s1. The highest BCUT2D eigenvalue weighted by Crippen LogP contribution is 2.43. The molecule has 1 saturated carbocycles. The van der Waals surface area contributed by atoms with Crippen molar-refractivity contribution in [3.63, 3.8) is 0 Å². The van der Waals surface area contributed by atoms with Gasteiger partial charge in [-0.05, 0) is 37.0 Å². The van der Waals surface area contributed by atoms with E-state index in [9.17, 15) is 0 Å². The highest BCUT2D eigenvalue weighted by atomic mass is 16.5. The summed E-state index contributed by atoms with van der Waals surface area (Å²) in [6.45, 7) is 1.78. The van der Waals surface area contributed by atoms with Crippen LogP contribution >= 0.6 is 0 Å². The first-order valence-corrected chi connectivity index (χ1v) is 5.59. The Labute approximate surface area is 86.5 Å². The molecule has 1 fully saturated rings. The van der Waals surface area contributed by atoms with Gasteiger partial charge >= 0.3 is 0 Å². The number of allylic oxidation sites excluding steroid dienone is 2. The van der Waals surface area contributed by atoms with Crippen LogP contribution in [0.1, 0.15) is 25.7 Å². The van der Waals surface area contributed by atoms with E-state index in [4.69, 9.17) is 11.2 Å². The Bertz CT molecular complexity index is 248. The fourth-order valence-electron chi connectivity index (χ4n) is 2.60. The molecule has 0 aromatic carbocycles. The summed E-state index contributed by atoms with van der Waals surface area (Å²) in [6, 6.07) is 0. The lowest BCUT2D eigenvalue weighted by Crippen LogP contribution is -2.14. The molecule has 2 bridgehead atoms. The first-order chi connectivity index (χ1) is 6.90. The van der Waals surface area contributed by atoms with E-state index in [1.165, 1.54) is 12.8 Å². The van der Waals surface area contributed by atoms with E-state index in [0.717, 1.165) is 43.8 Å². The molecule has 0 aromatic rings. The first-order valence-electron chi connectivity index (χ1n) is 5.59. The highest BCUT2D eigenvalue weighted by molar-refractivity contribution is 5.09. The zero-order valence-electron chi connectivity index (χ0n) is 8.61. The number of terminal acetylenes is 1. The molecule has 2 rings (SSSR count). The minimum absolute atomic E-state index is 0.788. The fraction of sp³-hybridized carbons (Fsp3) is 0.692. The summed E-state index contributed by atoms with van der Waals surface area (Å²) in [6.07, 6.45) is 14.5. The van der Waals surface area contributed by atoms with E-state index in [2.05, 4.69) is 18.1 Å². The molecule has 0 spiro atoms. The zero-order valence-corrected chi connectivity index (χ0v) is 8.61. The third-order valence-electron chi connectivity index (χ3n) is 3.36. The van der Waals surface area contributed by atoms with Gasteiger partial charge in [-0.15, -0.1) is 12.3 Å². The number of hydrogen-bond donors (Lipinski definition) is 0. The number of fused-ring (bicyclic) bond motifs is 2.